The van der Waals surface area contributed by atoms with Crippen LogP contribution in [-0.2, 0) is 17.8 Å². The molecule has 0 fully saturated rings. The zero-order chi connectivity index (χ0) is 14.8. The Bertz CT molecular complexity index is 821. The van der Waals surface area contributed by atoms with Crippen LogP contribution in [0, 0.1) is 0 Å². The zero-order valence-electron chi connectivity index (χ0n) is 12.0. The molecule has 0 aliphatic rings. The highest BCUT2D eigenvalue weighted by atomic mass is 16.5. The standard InChI is InChI=1S/C15H16N4O2/c1-3-11-13-15(20)17-14(10-7-5-4-6-8-10)18-19(13)12(16-11)9-21-2/h4-8H,3,9H2,1-2H3,(H,17,18,20). The van der Waals surface area contributed by atoms with E-state index in [1.807, 2.05) is 37.3 Å². The summed E-state index contributed by atoms with van der Waals surface area (Å²) in [4.78, 5) is 19.7. The largest absolute Gasteiger partial charge is 0.377 e. The van der Waals surface area contributed by atoms with Gasteiger partial charge >= 0.3 is 0 Å². The Labute approximate surface area is 121 Å². The van der Waals surface area contributed by atoms with Gasteiger partial charge in [-0.3, -0.25) is 4.79 Å². The summed E-state index contributed by atoms with van der Waals surface area (Å²) >= 11 is 0. The van der Waals surface area contributed by atoms with Crippen LogP contribution in [0.1, 0.15) is 18.4 Å². The fourth-order valence-corrected chi connectivity index (χ4v) is 2.33. The van der Waals surface area contributed by atoms with Crippen LogP contribution in [0.2, 0.25) is 0 Å². The molecule has 1 aromatic carbocycles. The van der Waals surface area contributed by atoms with E-state index in [0.717, 1.165) is 11.3 Å². The van der Waals surface area contributed by atoms with Gasteiger partial charge in [-0.1, -0.05) is 37.3 Å². The number of hydrogen-bond acceptors (Lipinski definition) is 4. The van der Waals surface area contributed by atoms with Gasteiger partial charge in [-0.15, -0.1) is 5.10 Å². The zero-order valence-corrected chi connectivity index (χ0v) is 12.0. The van der Waals surface area contributed by atoms with E-state index < -0.39 is 0 Å². The van der Waals surface area contributed by atoms with Gasteiger partial charge in [0, 0.05) is 12.7 Å². The number of fused-ring (bicyclic) bond motifs is 1. The van der Waals surface area contributed by atoms with Crippen LogP contribution in [0.3, 0.4) is 0 Å². The molecule has 0 radical (unpaired) electrons. The first-order valence-corrected chi connectivity index (χ1v) is 6.79. The summed E-state index contributed by atoms with van der Waals surface area (Å²) in [6.45, 7) is 2.27. The SMILES string of the molecule is CCc1nc(COC)n2nc(-c3ccccc3)[nH]c(=O)c12. The van der Waals surface area contributed by atoms with Crippen LogP contribution >= 0.6 is 0 Å². The van der Waals surface area contributed by atoms with Crippen LogP contribution in [0.15, 0.2) is 35.1 Å². The van der Waals surface area contributed by atoms with Crippen LogP contribution in [-0.4, -0.2) is 26.7 Å². The molecule has 0 unspecified atom stereocenters. The van der Waals surface area contributed by atoms with Crippen molar-refractivity contribution in [1.82, 2.24) is 19.6 Å². The molecule has 6 nitrogen and oxygen atoms in total. The predicted octanol–water partition coefficient (Wildman–Crippen LogP) is 1.79. The third kappa shape index (κ3) is 2.34. The molecular weight excluding hydrogens is 268 g/mol. The lowest BCUT2D eigenvalue weighted by atomic mass is 10.2. The lowest BCUT2D eigenvalue weighted by Crippen LogP contribution is -2.16. The molecule has 108 valence electrons. The maximum absolute atomic E-state index is 12.4. The number of methoxy groups -OCH3 is 1. The van der Waals surface area contributed by atoms with Crippen LogP contribution in [0.4, 0.5) is 0 Å². The molecule has 0 bridgehead atoms. The van der Waals surface area contributed by atoms with E-state index in [0.29, 0.717) is 30.2 Å². The number of rotatable bonds is 4. The van der Waals surface area contributed by atoms with E-state index in [1.54, 1.807) is 11.6 Å². The van der Waals surface area contributed by atoms with Gasteiger partial charge in [0.1, 0.15) is 6.61 Å². The van der Waals surface area contributed by atoms with Crippen molar-refractivity contribution >= 4 is 5.52 Å². The average Bonchev–Trinajstić information content (AvgIpc) is 2.87. The van der Waals surface area contributed by atoms with E-state index >= 15 is 0 Å². The molecule has 1 N–H and O–H groups in total. The second-order valence-electron chi connectivity index (χ2n) is 4.69. The second kappa shape index (κ2) is 5.49. The van der Waals surface area contributed by atoms with Crippen molar-refractivity contribution in [3.05, 3.63) is 52.2 Å². The van der Waals surface area contributed by atoms with Gasteiger partial charge in [-0.25, -0.2) is 9.50 Å². The Morgan fingerprint density at radius 1 is 1.29 bits per heavy atom. The number of aromatic amines is 1. The minimum absolute atomic E-state index is 0.185. The van der Waals surface area contributed by atoms with E-state index in [2.05, 4.69) is 15.1 Å². The first-order valence-electron chi connectivity index (χ1n) is 6.79. The molecule has 0 saturated heterocycles. The molecule has 0 aliphatic carbocycles. The van der Waals surface area contributed by atoms with Gasteiger partial charge < -0.3 is 9.72 Å². The fourth-order valence-electron chi connectivity index (χ4n) is 2.33. The quantitative estimate of drug-likeness (QED) is 0.793. The van der Waals surface area contributed by atoms with Gasteiger partial charge in [-0.05, 0) is 6.42 Å². The van der Waals surface area contributed by atoms with Crippen molar-refractivity contribution in [2.24, 2.45) is 0 Å². The van der Waals surface area contributed by atoms with Gasteiger partial charge in [0.2, 0.25) is 0 Å². The summed E-state index contributed by atoms with van der Waals surface area (Å²) in [5.41, 5.74) is 1.89. The third-order valence-electron chi connectivity index (χ3n) is 3.30. The topological polar surface area (TPSA) is 72.3 Å². The normalized spacial score (nSPS) is 11.1. The maximum atomic E-state index is 12.4. The molecule has 6 heteroatoms. The Hall–Kier alpha value is -2.47. The van der Waals surface area contributed by atoms with Crippen LogP contribution < -0.4 is 5.56 Å². The maximum Gasteiger partial charge on any atom is 0.277 e. The van der Waals surface area contributed by atoms with Crippen molar-refractivity contribution in [1.29, 1.82) is 0 Å². The number of imidazole rings is 1. The lowest BCUT2D eigenvalue weighted by molar-refractivity contribution is 0.176. The van der Waals surface area contributed by atoms with Crippen molar-refractivity contribution in [3.8, 4) is 11.4 Å². The number of benzene rings is 1. The van der Waals surface area contributed by atoms with E-state index in [4.69, 9.17) is 4.74 Å². The predicted molar refractivity (Wildman–Crippen MR) is 79.1 cm³/mol. The molecule has 2 aromatic heterocycles. The smallest absolute Gasteiger partial charge is 0.277 e. The highest BCUT2D eigenvalue weighted by Crippen LogP contribution is 2.15. The molecule has 0 amide bonds. The summed E-state index contributed by atoms with van der Waals surface area (Å²) in [5, 5.41) is 4.51. The Kier molecular flexibility index (Phi) is 3.53. The number of nitrogens with zero attached hydrogens (tertiary/aromatic N) is 3. The summed E-state index contributed by atoms with van der Waals surface area (Å²) in [6.07, 6.45) is 0.669. The van der Waals surface area contributed by atoms with Gasteiger partial charge in [0.05, 0.1) is 5.69 Å². The highest BCUT2D eigenvalue weighted by Gasteiger charge is 2.15. The molecule has 0 aliphatic heterocycles. The molecule has 0 saturated carbocycles. The molecule has 21 heavy (non-hydrogen) atoms. The third-order valence-corrected chi connectivity index (χ3v) is 3.30. The number of nitrogens with one attached hydrogen (secondary N) is 1. The fraction of sp³-hybridized carbons (Fsp3) is 0.267. The van der Waals surface area contributed by atoms with Crippen molar-refractivity contribution in [2.75, 3.05) is 7.11 Å². The summed E-state index contributed by atoms with van der Waals surface area (Å²) in [7, 11) is 1.60. The summed E-state index contributed by atoms with van der Waals surface area (Å²) in [6, 6.07) is 9.53. The number of aryl methyl sites for hydroxylation is 1. The summed E-state index contributed by atoms with van der Waals surface area (Å²) in [5.74, 6) is 1.15. The number of ether oxygens (including phenoxy) is 1. The van der Waals surface area contributed by atoms with E-state index in [9.17, 15) is 4.79 Å². The van der Waals surface area contributed by atoms with Crippen LogP contribution in [0.5, 0.6) is 0 Å². The lowest BCUT2D eigenvalue weighted by Gasteiger charge is -2.03. The van der Waals surface area contributed by atoms with E-state index in [1.165, 1.54) is 0 Å². The number of aromatic nitrogens is 4. The minimum Gasteiger partial charge on any atom is -0.377 e. The first-order chi connectivity index (χ1) is 10.2. The van der Waals surface area contributed by atoms with Crippen molar-refractivity contribution in [2.45, 2.75) is 20.0 Å². The minimum atomic E-state index is -0.185. The molecule has 3 aromatic rings. The molecule has 3 rings (SSSR count). The number of hydrogen-bond donors (Lipinski definition) is 1. The van der Waals surface area contributed by atoms with Gasteiger partial charge in [-0.2, -0.15) is 0 Å². The van der Waals surface area contributed by atoms with Gasteiger partial charge in [0.25, 0.3) is 5.56 Å². The number of H-pyrrole nitrogens is 1. The van der Waals surface area contributed by atoms with Gasteiger partial charge in [0.15, 0.2) is 17.2 Å². The van der Waals surface area contributed by atoms with Crippen molar-refractivity contribution in [3.63, 3.8) is 0 Å². The molecule has 2 heterocycles. The molecule has 0 atom stereocenters. The Morgan fingerprint density at radius 2 is 2.05 bits per heavy atom. The van der Waals surface area contributed by atoms with Crippen LogP contribution in [0.25, 0.3) is 16.9 Å². The molecule has 0 spiro atoms. The second-order valence-corrected chi connectivity index (χ2v) is 4.69. The molecular formula is C15H16N4O2. The monoisotopic (exact) mass is 284 g/mol. The average molecular weight is 284 g/mol. The Balaban J connectivity index is 2.27. The first kappa shape index (κ1) is 13.5. The van der Waals surface area contributed by atoms with Crippen molar-refractivity contribution < 1.29 is 4.74 Å². The van der Waals surface area contributed by atoms with E-state index in [-0.39, 0.29) is 5.56 Å². The highest BCUT2D eigenvalue weighted by molar-refractivity contribution is 5.57. The Morgan fingerprint density at radius 3 is 2.71 bits per heavy atom. The summed E-state index contributed by atoms with van der Waals surface area (Å²) < 4.78 is 6.73.